The van der Waals surface area contributed by atoms with Crippen molar-refractivity contribution in [1.29, 1.82) is 0 Å². The number of hydrogen-bond acceptors (Lipinski definition) is 3. The summed E-state index contributed by atoms with van der Waals surface area (Å²) in [6, 6.07) is 0. The van der Waals surface area contributed by atoms with Gasteiger partial charge < -0.3 is 9.47 Å². The van der Waals surface area contributed by atoms with Gasteiger partial charge in [-0.2, -0.15) is 0 Å². The fourth-order valence-electron chi connectivity index (χ4n) is 1.75. The number of morpholine rings is 1. The third-order valence-electron chi connectivity index (χ3n) is 2.71. The second-order valence-electron chi connectivity index (χ2n) is 3.60. The number of fused-ring (bicyclic) bond motifs is 1. The molecule has 0 aliphatic carbocycles. The monoisotopic (exact) mass is 217 g/mol. The molecule has 2 fully saturated rings. The molecule has 0 spiro atoms. The molecule has 92 valence electrons. The molecule has 0 bridgehead atoms. The van der Waals surface area contributed by atoms with E-state index in [0.29, 0.717) is 0 Å². The van der Waals surface area contributed by atoms with Gasteiger partial charge in [0.05, 0.1) is 26.6 Å². The van der Waals surface area contributed by atoms with Crippen LogP contribution in [0.1, 0.15) is 41.0 Å². The van der Waals surface area contributed by atoms with Crippen molar-refractivity contribution in [3.05, 3.63) is 0 Å². The Morgan fingerprint density at radius 3 is 2.27 bits per heavy atom. The van der Waals surface area contributed by atoms with Crippen LogP contribution < -0.4 is 0 Å². The van der Waals surface area contributed by atoms with Crippen molar-refractivity contribution in [3.8, 4) is 0 Å². The molecular formula is C12H27NO2. The molecule has 2 rings (SSSR count). The Balaban J connectivity index is 0.000000442. The average Bonchev–Trinajstić information content (AvgIpc) is 2.33. The Hall–Kier alpha value is -0.120. The smallest absolute Gasteiger partial charge is 0.0996 e. The topological polar surface area (TPSA) is 21.7 Å². The standard InChI is InChI=1S/C8H15NO2.2C2H6/c1-8-2-4-11-7-9(8)3-5-10-6-8;2*1-2/h2-7H2,1H3;2*1-2H3. The molecule has 2 aliphatic rings. The lowest BCUT2D eigenvalue weighted by Gasteiger charge is -2.47. The zero-order chi connectivity index (χ0) is 11.7. The van der Waals surface area contributed by atoms with Crippen LogP contribution in [0.3, 0.4) is 0 Å². The third kappa shape index (κ3) is 4.09. The minimum Gasteiger partial charge on any atom is -0.378 e. The van der Waals surface area contributed by atoms with Gasteiger partial charge in [-0.3, -0.25) is 4.90 Å². The maximum absolute atomic E-state index is 5.44. The molecule has 0 aromatic carbocycles. The first-order chi connectivity index (χ1) is 7.31. The van der Waals surface area contributed by atoms with Crippen LogP contribution >= 0.6 is 0 Å². The molecule has 0 radical (unpaired) electrons. The van der Waals surface area contributed by atoms with Gasteiger partial charge in [-0.15, -0.1) is 0 Å². The van der Waals surface area contributed by atoms with E-state index in [1.54, 1.807) is 0 Å². The number of hydrogen-bond donors (Lipinski definition) is 0. The minimum atomic E-state index is 0.260. The second kappa shape index (κ2) is 8.08. The summed E-state index contributed by atoms with van der Waals surface area (Å²) in [6.45, 7) is 14.7. The van der Waals surface area contributed by atoms with Gasteiger partial charge >= 0.3 is 0 Å². The van der Waals surface area contributed by atoms with Crippen LogP contribution in [0.5, 0.6) is 0 Å². The fourth-order valence-corrected chi connectivity index (χ4v) is 1.75. The first-order valence-corrected chi connectivity index (χ1v) is 6.22. The molecule has 15 heavy (non-hydrogen) atoms. The summed E-state index contributed by atoms with van der Waals surface area (Å²) in [5.74, 6) is 0. The molecule has 3 nitrogen and oxygen atoms in total. The van der Waals surface area contributed by atoms with Crippen LogP contribution in [-0.4, -0.2) is 43.5 Å². The summed E-state index contributed by atoms with van der Waals surface area (Å²) in [5, 5.41) is 0. The van der Waals surface area contributed by atoms with E-state index < -0.39 is 0 Å². The number of nitrogens with zero attached hydrogens (tertiary/aromatic N) is 1. The van der Waals surface area contributed by atoms with Gasteiger partial charge in [-0.1, -0.05) is 27.7 Å². The lowest BCUT2D eigenvalue weighted by molar-refractivity contribution is -0.152. The van der Waals surface area contributed by atoms with Crippen molar-refractivity contribution >= 4 is 0 Å². The Labute approximate surface area is 94.7 Å². The lowest BCUT2D eigenvalue weighted by Crippen LogP contribution is -2.58. The Morgan fingerprint density at radius 1 is 1.00 bits per heavy atom. The van der Waals surface area contributed by atoms with Crippen molar-refractivity contribution in [2.75, 3.05) is 33.1 Å². The highest BCUT2D eigenvalue weighted by Gasteiger charge is 2.37. The van der Waals surface area contributed by atoms with Crippen LogP contribution in [0.25, 0.3) is 0 Å². The third-order valence-corrected chi connectivity index (χ3v) is 2.71. The van der Waals surface area contributed by atoms with Gasteiger partial charge in [0.2, 0.25) is 0 Å². The highest BCUT2D eigenvalue weighted by molar-refractivity contribution is 4.89. The van der Waals surface area contributed by atoms with Gasteiger partial charge in [0, 0.05) is 12.1 Å². The average molecular weight is 217 g/mol. The van der Waals surface area contributed by atoms with E-state index in [-0.39, 0.29) is 5.54 Å². The molecule has 2 aliphatic heterocycles. The molecule has 0 N–H and O–H groups in total. The van der Waals surface area contributed by atoms with Crippen LogP contribution in [0.4, 0.5) is 0 Å². The van der Waals surface area contributed by atoms with Crippen LogP contribution in [0.15, 0.2) is 0 Å². The highest BCUT2D eigenvalue weighted by Crippen LogP contribution is 2.26. The highest BCUT2D eigenvalue weighted by atomic mass is 16.5. The van der Waals surface area contributed by atoms with Crippen molar-refractivity contribution in [1.82, 2.24) is 4.90 Å². The molecule has 0 amide bonds. The van der Waals surface area contributed by atoms with Gasteiger partial charge in [-0.05, 0) is 13.3 Å². The summed E-state index contributed by atoms with van der Waals surface area (Å²) >= 11 is 0. The molecular weight excluding hydrogens is 190 g/mol. The summed E-state index contributed by atoms with van der Waals surface area (Å²) in [5.41, 5.74) is 0.260. The molecule has 0 aromatic heterocycles. The van der Waals surface area contributed by atoms with Crippen LogP contribution in [0.2, 0.25) is 0 Å². The molecule has 2 heterocycles. The summed E-state index contributed by atoms with van der Waals surface area (Å²) in [7, 11) is 0. The van der Waals surface area contributed by atoms with Crippen molar-refractivity contribution in [2.24, 2.45) is 0 Å². The maximum Gasteiger partial charge on any atom is 0.0996 e. The minimum absolute atomic E-state index is 0.260. The van der Waals surface area contributed by atoms with Crippen molar-refractivity contribution in [3.63, 3.8) is 0 Å². The van der Waals surface area contributed by atoms with Gasteiger partial charge in [0.15, 0.2) is 0 Å². The van der Waals surface area contributed by atoms with E-state index in [1.165, 1.54) is 0 Å². The van der Waals surface area contributed by atoms with E-state index in [4.69, 9.17) is 9.47 Å². The van der Waals surface area contributed by atoms with Gasteiger partial charge in [0.25, 0.3) is 0 Å². The molecule has 1 unspecified atom stereocenters. The predicted molar refractivity (Wildman–Crippen MR) is 64.1 cm³/mol. The van der Waals surface area contributed by atoms with E-state index in [1.807, 2.05) is 27.7 Å². The molecule has 3 heteroatoms. The zero-order valence-electron chi connectivity index (χ0n) is 11.0. The Morgan fingerprint density at radius 2 is 1.67 bits per heavy atom. The quantitative estimate of drug-likeness (QED) is 0.622. The predicted octanol–water partition coefficient (Wildman–Crippen LogP) is 2.51. The Kier molecular flexibility index (Phi) is 8.02. The zero-order valence-corrected chi connectivity index (χ0v) is 11.0. The molecule has 2 saturated heterocycles. The second-order valence-corrected chi connectivity index (χ2v) is 3.60. The van der Waals surface area contributed by atoms with Crippen LogP contribution in [0, 0.1) is 0 Å². The fraction of sp³-hybridized carbons (Fsp3) is 1.00. The largest absolute Gasteiger partial charge is 0.378 e. The summed E-state index contributed by atoms with van der Waals surface area (Å²) in [4.78, 5) is 2.38. The van der Waals surface area contributed by atoms with E-state index in [0.717, 1.165) is 39.5 Å². The molecule has 0 saturated carbocycles. The first-order valence-electron chi connectivity index (χ1n) is 6.22. The van der Waals surface area contributed by atoms with E-state index >= 15 is 0 Å². The van der Waals surface area contributed by atoms with E-state index in [9.17, 15) is 0 Å². The van der Waals surface area contributed by atoms with E-state index in [2.05, 4.69) is 11.8 Å². The van der Waals surface area contributed by atoms with Crippen molar-refractivity contribution < 1.29 is 9.47 Å². The normalized spacial score (nSPS) is 30.2. The number of ether oxygens (including phenoxy) is 2. The summed E-state index contributed by atoms with van der Waals surface area (Å²) in [6.07, 6.45) is 1.10. The molecule has 1 atom stereocenters. The number of rotatable bonds is 0. The first kappa shape index (κ1) is 14.9. The van der Waals surface area contributed by atoms with Crippen molar-refractivity contribution in [2.45, 2.75) is 46.6 Å². The van der Waals surface area contributed by atoms with Gasteiger partial charge in [0.1, 0.15) is 0 Å². The Bertz CT molecular complexity index is 139. The van der Waals surface area contributed by atoms with Crippen LogP contribution in [-0.2, 0) is 9.47 Å². The molecule has 0 aromatic rings. The van der Waals surface area contributed by atoms with Gasteiger partial charge in [-0.25, -0.2) is 0 Å². The summed E-state index contributed by atoms with van der Waals surface area (Å²) < 4.78 is 10.8. The lowest BCUT2D eigenvalue weighted by atomic mass is 9.95. The maximum atomic E-state index is 5.44. The SMILES string of the molecule is CC.CC.CC12CCOCN1CCOC2.